The van der Waals surface area contributed by atoms with E-state index in [2.05, 4.69) is 35.1 Å². The van der Waals surface area contributed by atoms with E-state index in [1.54, 1.807) is 6.07 Å². The fourth-order valence-electron chi connectivity index (χ4n) is 3.31. The standard InChI is InChI=1S/C15H21BrFN/c1-15(2)9-5-7-11(15)14(18-3)10-6-4-8-12(16)13(10)17/h4,6,8,11,14,18H,5,7,9H2,1-3H3. The first-order chi connectivity index (χ1) is 8.47. The van der Waals surface area contributed by atoms with Crippen molar-refractivity contribution in [2.24, 2.45) is 11.3 Å². The summed E-state index contributed by atoms with van der Waals surface area (Å²) in [6.45, 7) is 4.59. The van der Waals surface area contributed by atoms with Crippen LogP contribution in [0.2, 0.25) is 0 Å². The lowest BCUT2D eigenvalue weighted by molar-refractivity contribution is 0.201. The Bertz CT molecular complexity index is 431. The maximum absolute atomic E-state index is 14.3. The molecule has 0 aliphatic heterocycles. The quantitative estimate of drug-likeness (QED) is 0.854. The fourth-order valence-corrected chi connectivity index (χ4v) is 3.69. The number of hydrogen-bond acceptors (Lipinski definition) is 1. The lowest BCUT2D eigenvalue weighted by Gasteiger charge is -2.34. The maximum Gasteiger partial charge on any atom is 0.142 e. The molecule has 1 aromatic carbocycles. The third-order valence-electron chi connectivity index (χ3n) is 4.37. The average molecular weight is 314 g/mol. The molecule has 1 aliphatic carbocycles. The highest BCUT2D eigenvalue weighted by molar-refractivity contribution is 9.10. The van der Waals surface area contributed by atoms with Gasteiger partial charge >= 0.3 is 0 Å². The normalized spacial score (nSPS) is 24.2. The number of rotatable bonds is 3. The zero-order valence-corrected chi connectivity index (χ0v) is 12.8. The molecule has 1 aliphatic rings. The largest absolute Gasteiger partial charge is 0.313 e. The molecular formula is C15H21BrFN. The summed E-state index contributed by atoms with van der Waals surface area (Å²) in [5.41, 5.74) is 1.06. The minimum atomic E-state index is -0.125. The van der Waals surface area contributed by atoms with E-state index in [9.17, 15) is 4.39 Å². The summed E-state index contributed by atoms with van der Waals surface area (Å²) in [5.74, 6) is 0.367. The van der Waals surface area contributed by atoms with E-state index >= 15 is 0 Å². The van der Waals surface area contributed by atoms with Gasteiger partial charge in [0.2, 0.25) is 0 Å². The molecule has 2 atom stereocenters. The molecule has 1 saturated carbocycles. The van der Waals surface area contributed by atoms with Crippen molar-refractivity contribution in [3.63, 3.8) is 0 Å². The van der Waals surface area contributed by atoms with Gasteiger partial charge in [-0.05, 0) is 53.2 Å². The molecule has 18 heavy (non-hydrogen) atoms. The number of halogens is 2. The molecule has 1 nitrogen and oxygen atoms in total. The Hall–Kier alpha value is -0.410. The van der Waals surface area contributed by atoms with Gasteiger partial charge in [-0.3, -0.25) is 0 Å². The number of nitrogens with one attached hydrogen (secondary N) is 1. The van der Waals surface area contributed by atoms with Crippen molar-refractivity contribution in [1.29, 1.82) is 0 Å². The Morgan fingerprint density at radius 3 is 2.72 bits per heavy atom. The van der Waals surface area contributed by atoms with Gasteiger partial charge in [0.1, 0.15) is 5.82 Å². The molecule has 1 fully saturated rings. The van der Waals surface area contributed by atoms with E-state index < -0.39 is 0 Å². The van der Waals surface area contributed by atoms with Crippen LogP contribution in [0.25, 0.3) is 0 Å². The van der Waals surface area contributed by atoms with Crippen LogP contribution in [0.4, 0.5) is 4.39 Å². The Balaban J connectivity index is 2.37. The highest BCUT2D eigenvalue weighted by Gasteiger charge is 2.40. The fraction of sp³-hybridized carbons (Fsp3) is 0.600. The van der Waals surface area contributed by atoms with Crippen LogP contribution in [0, 0.1) is 17.2 Å². The van der Waals surface area contributed by atoms with E-state index in [0.29, 0.717) is 10.4 Å². The van der Waals surface area contributed by atoms with Gasteiger partial charge in [0.15, 0.2) is 0 Å². The van der Waals surface area contributed by atoms with Crippen LogP contribution in [0.1, 0.15) is 44.7 Å². The smallest absolute Gasteiger partial charge is 0.142 e. The monoisotopic (exact) mass is 313 g/mol. The first-order valence-electron chi connectivity index (χ1n) is 6.58. The van der Waals surface area contributed by atoms with Gasteiger partial charge in [0, 0.05) is 11.6 Å². The third kappa shape index (κ3) is 2.48. The topological polar surface area (TPSA) is 12.0 Å². The summed E-state index contributed by atoms with van der Waals surface area (Å²) < 4.78 is 14.8. The summed E-state index contributed by atoms with van der Waals surface area (Å²) >= 11 is 3.28. The van der Waals surface area contributed by atoms with Crippen molar-refractivity contribution in [2.45, 2.75) is 39.2 Å². The van der Waals surface area contributed by atoms with Crippen LogP contribution in [-0.2, 0) is 0 Å². The Labute approximate surface area is 117 Å². The minimum absolute atomic E-state index is 0.0972. The van der Waals surface area contributed by atoms with Gasteiger partial charge in [-0.2, -0.15) is 0 Å². The molecule has 0 bridgehead atoms. The van der Waals surface area contributed by atoms with Gasteiger partial charge in [-0.1, -0.05) is 32.4 Å². The highest BCUT2D eigenvalue weighted by atomic mass is 79.9. The molecular weight excluding hydrogens is 293 g/mol. The second-order valence-corrected chi connectivity index (χ2v) is 6.75. The van der Waals surface area contributed by atoms with Crippen LogP contribution in [-0.4, -0.2) is 7.05 Å². The molecule has 0 aromatic heterocycles. The highest BCUT2D eigenvalue weighted by Crippen LogP contribution is 2.49. The van der Waals surface area contributed by atoms with E-state index in [4.69, 9.17) is 0 Å². The summed E-state index contributed by atoms with van der Waals surface area (Å²) in [7, 11) is 1.93. The third-order valence-corrected chi connectivity index (χ3v) is 4.98. The van der Waals surface area contributed by atoms with Gasteiger partial charge in [0.25, 0.3) is 0 Å². The summed E-state index contributed by atoms with van der Waals surface area (Å²) in [6.07, 6.45) is 3.64. The number of benzene rings is 1. The molecule has 0 amide bonds. The first kappa shape index (κ1) is 14.0. The van der Waals surface area contributed by atoms with E-state index in [0.717, 1.165) is 5.56 Å². The Kier molecular flexibility index (Phi) is 4.12. The SMILES string of the molecule is CNC(c1cccc(Br)c1F)C1CCCC1(C)C. The zero-order chi connectivity index (χ0) is 13.3. The molecule has 1 aromatic rings. The van der Waals surface area contributed by atoms with E-state index in [-0.39, 0.29) is 17.3 Å². The molecule has 1 N–H and O–H groups in total. The molecule has 0 heterocycles. The van der Waals surface area contributed by atoms with Crippen molar-refractivity contribution >= 4 is 15.9 Å². The lowest BCUT2D eigenvalue weighted by atomic mass is 9.75. The van der Waals surface area contributed by atoms with Crippen molar-refractivity contribution < 1.29 is 4.39 Å². The van der Waals surface area contributed by atoms with Crippen molar-refractivity contribution in [1.82, 2.24) is 5.32 Å². The van der Waals surface area contributed by atoms with Crippen molar-refractivity contribution in [2.75, 3.05) is 7.05 Å². The second-order valence-electron chi connectivity index (χ2n) is 5.90. The van der Waals surface area contributed by atoms with Crippen LogP contribution in [0.5, 0.6) is 0 Å². The summed E-state index contributed by atoms with van der Waals surface area (Å²) in [5, 5.41) is 3.32. The first-order valence-corrected chi connectivity index (χ1v) is 7.38. The van der Waals surface area contributed by atoms with Crippen LogP contribution in [0.15, 0.2) is 22.7 Å². The second kappa shape index (κ2) is 5.30. The van der Waals surface area contributed by atoms with Crippen LogP contribution < -0.4 is 5.32 Å². The lowest BCUT2D eigenvalue weighted by Crippen LogP contribution is -2.32. The molecule has 0 radical (unpaired) electrons. The van der Waals surface area contributed by atoms with Crippen molar-refractivity contribution in [3.8, 4) is 0 Å². The van der Waals surface area contributed by atoms with E-state index in [1.165, 1.54) is 19.3 Å². The Morgan fingerprint density at radius 2 is 2.17 bits per heavy atom. The van der Waals surface area contributed by atoms with Crippen molar-refractivity contribution in [3.05, 3.63) is 34.1 Å². The predicted octanol–water partition coefficient (Wildman–Crippen LogP) is 4.68. The van der Waals surface area contributed by atoms with Gasteiger partial charge in [-0.25, -0.2) is 4.39 Å². The minimum Gasteiger partial charge on any atom is -0.313 e. The van der Waals surface area contributed by atoms with Crippen LogP contribution >= 0.6 is 15.9 Å². The number of hydrogen-bond donors (Lipinski definition) is 1. The summed E-state index contributed by atoms with van der Waals surface area (Å²) in [6, 6.07) is 5.66. The summed E-state index contributed by atoms with van der Waals surface area (Å²) in [4.78, 5) is 0. The molecule has 100 valence electrons. The van der Waals surface area contributed by atoms with Gasteiger partial charge < -0.3 is 5.32 Å². The zero-order valence-electron chi connectivity index (χ0n) is 11.3. The van der Waals surface area contributed by atoms with Crippen LogP contribution in [0.3, 0.4) is 0 Å². The molecule has 3 heteroatoms. The van der Waals surface area contributed by atoms with E-state index in [1.807, 2.05) is 19.2 Å². The average Bonchev–Trinajstić information content (AvgIpc) is 2.66. The molecule has 0 spiro atoms. The molecule has 2 rings (SSSR count). The maximum atomic E-state index is 14.3. The van der Waals surface area contributed by atoms with Gasteiger partial charge in [0.05, 0.1) is 4.47 Å². The van der Waals surface area contributed by atoms with Gasteiger partial charge in [-0.15, -0.1) is 0 Å². The predicted molar refractivity (Wildman–Crippen MR) is 77.0 cm³/mol. The molecule has 0 saturated heterocycles. The molecule has 2 unspecified atom stereocenters. The Morgan fingerprint density at radius 1 is 1.44 bits per heavy atom.